The Balaban J connectivity index is 2.48. The Bertz CT molecular complexity index is 719. The van der Waals surface area contributed by atoms with Crippen LogP contribution in [0.25, 0.3) is 0 Å². The summed E-state index contributed by atoms with van der Waals surface area (Å²) in [4.78, 5) is 2.80. The van der Waals surface area contributed by atoms with Gasteiger partial charge in [0.1, 0.15) is 0 Å². The quantitative estimate of drug-likeness (QED) is 0.794. The molecule has 5 heteroatoms. The normalized spacial score (nSPS) is 10.4. The second kappa shape index (κ2) is 6.60. The van der Waals surface area contributed by atoms with Crippen LogP contribution < -0.4 is 4.31 Å². The van der Waals surface area contributed by atoms with Crippen molar-refractivity contribution < 1.29 is 8.42 Å². The molecule has 0 aliphatic rings. The molecule has 2 rings (SSSR count). The SMILES string of the molecule is O=S(=O)(c1ccccc1)N(CC#CBr)c1ccccc1. The predicted octanol–water partition coefficient (Wildman–Crippen LogP) is 3.24. The second-order valence-corrected chi connectivity index (χ2v) is 6.19. The molecule has 0 radical (unpaired) electrons. The van der Waals surface area contributed by atoms with Crippen LogP contribution in [0.1, 0.15) is 0 Å². The zero-order valence-corrected chi connectivity index (χ0v) is 12.9. The first-order valence-corrected chi connectivity index (χ1v) is 8.11. The highest BCUT2D eigenvalue weighted by molar-refractivity contribution is 9.12. The molecule has 3 nitrogen and oxygen atoms in total. The largest absolute Gasteiger partial charge is 0.265 e. The van der Waals surface area contributed by atoms with Gasteiger partial charge in [-0.1, -0.05) is 42.3 Å². The number of hydrogen-bond donors (Lipinski definition) is 0. The van der Waals surface area contributed by atoms with Gasteiger partial charge in [-0.05, 0) is 29.1 Å². The summed E-state index contributed by atoms with van der Waals surface area (Å²) in [5.41, 5.74) is 0.589. The summed E-state index contributed by atoms with van der Waals surface area (Å²) in [5, 5.41) is 0. The third-order valence-corrected chi connectivity index (χ3v) is 4.73. The maximum absolute atomic E-state index is 12.7. The number of rotatable bonds is 4. The maximum atomic E-state index is 12.7. The van der Waals surface area contributed by atoms with Gasteiger partial charge in [0.25, 0.3) is 10.0 Å². The van der Waals surface area contributed by atoms with Crippen LogP contribution in [0, 0.1) is 10.8 Å². The van der Waals surface area contributed by atoms with Crippen molar-refractivity contribution in [1.29, 1.82) is 0 Å². The van der Waals surface area contributed by atoms with E-state index in [1.54, 1.807) is 54.6 Å². The number of para-hydroxylation sites is 1. The van der Waals surface area contributed by atoms with Crippen molar-refractivity contribution >= 4 is 31.6 Å². The van der Waals surface area contributed by atoms with E-state index < -0.39 is 10.0 Å². The number of halogens is 1. The average molecular weight is 350 g/mol. The van der Waals surface area contributed by atoms with E-state index >= 15 is 0 Å². The molecule has 2 aromatic carbocycles. The van der Waals surface area contributed by atoms with Crippen LogP contribution in [0.5, 0.6) is 0 Å². The number of sulfonamides is 1. The van der Waals surface area contributed by atoms with E-state index in [-0.39, 0.29) is 11.4 Å². The molecule has 0 amide bonds. The van der Waals surface area contributed by atoms with Crippen LogP contribution in [0.3, 0.4) is 0 Å². The highest BCUT2D eigenvalue weighted by Gasteiger charge is 2.23. The van der Waals surface area contributed by atoms with Crippen LogP contribution in [0.2, 0.25) is 0 Å². The van der Waals surface area contributed by atoms with E-state index in [4.69, 9.17) is 0 Å². The van der Waals surface area contributed by atoms with E-state index in [0.717, 1.165) is 0 Å². The van der Waals surface area contributed by atoms with Crippen molar-refractivity contribution in [2.24, 2.45) is 0 Å². The molecule has 20 heavy (non-hydrogen) atoms. The van der Waals surface area contributed by atoms with Gasteiger partial charge in [0.2, 0.25) is 0 Å². The minimum absolute atomic E-state index is 0.0898. The summed E-state index contributed by atoms with van der Waals surface area (Å²) in [5.74, 6) is 2.74. The molecular weight excluding hydrogens is 338 g/mol. The fourth-order valence-corrected chi connectivity index (χ4v) is 3.25. The maximum Gasteiger partial charge on any atom is 0.265 e. The zero-order chi connectivity index (χ0) is 14.4. The summed E-state index contributed by atoms with van der Waals surface area (Å²) >= 11 is 2.99. The Kier molecular flexibility index (Phi) is 4.83. The van der Waals surface area contributed by atoms with Gasteiger partial charge < -0.3 is 0 Å². The van der Waals surface area contributed by atoms with Crippen LogP contribution in [0.15, 0.2) is 65.6 Å². The number of hydrogen-bond acceptors (Lipinski definition) is 2. The summed E-state index contributed by atoms with van der Waals surface area (Å²) in [7, 11) is -3.62. The minimum Gasteiger partial charge on any atom is -0.254 e. The molecule has 0 aliphatic carbocycles. The lowest BCUT2D eigenvalue weighted by Gasteiger charge is -2.22. The Morgan fingerprint density at radius 2 is 1.50 bits per heavy atom. The number of anilines is 1. The van der Waals surface area contributed by atoms with Crippen LogP contribution >= 0.6 is 15.9 Å². The van der Waals surface area contributed by atoms with Gasteiger partial charge in [0.05, 0.1) is 17.1 Å². The second-order valence-electron chi connectivity index (χ2n) is 3.93. The van der Waals surface area contributed by atoms with Crippen molar-refractivity contribution in [3.8, 4) is 10.8 Å². The zero-order valence-electron chi connectivity index (χ0n) is 10.5. The Morgan fingerprint density at radius 1 is 0.950 bits per heavy atom. The first-order chi connectivity index (χ1) is 9.66. The monoisotopic (exact) mass is 349 g/mol. The van der Waals surface area contributed by atoms with E-state index in [2.05, 4.69) is 26.7 Å². The molecule has 0 unspecified atom stereocenters. The Morgan fingerprint density at radius 3 is 2.05 bits per heavy atom. The Labute approximate surface area is 127 Å². The molecule has 0 saturated heterocycles. The lowest BCUT2D eigenvalue weighted by Crippen LogP contribution is -2.31. The lowest BCUT2D eigenvalue weighted by atomic mass is 10.3. The molecule has 0 aliphatic heterocycles. The molecule has 0 fully saturated rings. The van der Waals surface area contributed by atoms with Crippen molar-refractivity contribution in [2.45, 2.75) is 4.90 Å². The third kappa shape index (κ3) is 3.21. The van der Waals surface area contributed by atoms with E-state index in [1.807, 2.05) is 6.07 Å². The summed E-state index contributed by atoms with van der Waals surface area (Å²) < 4.78 is 26.7. The molecule has 0 saturated carbocycles. The molecule has 0 heterocycles. The topological polar surface area (TPSA) is 37.4 Å². The lowest BCUT2D eigenvalue weighted by molar-refractivity contribution is 0.593. The molecule has 102 valence electrons. The van der Waals surface area contributed by atoms with Crippen molar-refractivity contribution in [3.63, 3.8) is 0 Å². The first-order valence-electron chi connectivity index (χ1n) is 5.87. The third-order valence-electron chi connectivity index (χ3n) is 2.66. The summed E-state index contributed by atoms with van der Waals surface area (Å²) in [6.07, 6.45) is 0. The molecule has 0 atom stereocenters. The molecule has 0 N–H and O–H groups in total. The average Bonchev–Trinajstić information content (AvgIpc) is 2.49. The van der Waals surface area contributed by atoms with Gasteiger partial charge >= 0.3 is 0 Å². The van der Waals surface area contributed by atoms with Crippen LogP contribution in [-0.2, 0) is 10.0 Å². The highest BCUT2D eigenvalue weighted by atomic mass is 79.9. The summed E-state index contributed by atoms with van der Waals surface area (Å²) in [6, 6.07) is 17.3. The Hall–Kier alpha value is -1.77. The van der Waals surface area contributed by atoms with Crippen LogP contribution in [0.4, 0.5) is 5.69 Å². The van der Waals surface area contributed by atoms with E-state index in [0.29, 0.717) is 5.69 Å². The fraction of sp³-hybridized carbons (Fsp3) is 0.0667. The molecule has 0 bridgehead atoms. The minimum atomic E-state index is -3.62. The molecule has 0 spiro atoms. The van der Waals surface area contributed by atoms with E-state index in [9.17, 15) is 8.42 Å². The van der Waals surface area contributed by atoms with Gasteiger partial charge in [-0.2, -0.15) is 0 Å². The molecule has 2 aromatic rings. The first kappa shape index (κ1) is 14.6. The van der Waals surface area contributed by atoms with Gasteiger partial charge in [0.15, 0.2) is 0 Å². The number of nitrogens with zero attached hydrogens (tertiary/aromatic N) is 1. The fourth-order valence-electron chi connectivity index (χ4n) is 1.73. The van der Waals surface area contributed by atoms with Crippen molar-refractivity contribution in [1.82, 2.24) is 0 Å². The van der Waals surface area contributed by atoms with Gasteiger partial charge in [0, 0.05) is 15.9 Å². The van der Waals surface area contributed by atoms with Crippen LogP contribution in [-0.4, -0.2) is 15.0 Å². The van der Waals surface area contributed by atoms with Gasteiger partial charge in [-0.25, -0.2) is 8.42 Å². The van der Waals surface area contributed by atoms with Crippen molar-refractivity contribution in [3.05, 3.63) is 60.7 Å². The molecule has 0 aromatic heterocycles. The summed E-state index contributed by atoms with van der Waals surface area (Å²) in [6.45, 7) is 0.0898. The smallest absolute Gasteiger partial charge is 0.254 e. The van der Waals surface area contributed by atoms with Gasteiger partial charge in [-0.15, -0.1) is 0 Å². The molecular formula is C15H12BrNO2S. The van der Waals surface area contributed by atoms with E-state index in [1.165, 1.54) is 4.31 Å². The van der Waals surface area contributed by atoms with Gasteiger partial charge in [-0.3, -0.25) is 4.31 Å². The number of benzene rings is 2. The standard InChI is InChI=1S/C15H12BrNO2S/c16-12-7-13-17(14-8-3-1-4-9-14)20(18,19)15-10-5-2-6-11-15/h1-6,8-11H,13H2. The van der Waals surface area contributed by atoms with Crippen molar-refractivity contribution in [2.75, 3.05) is 10.8 Å². The highest BCUT2D eigenvalue weighted by Crippen LogP contribution is 2.22. The predicted molar refractivity (Wildman–Crippen MR) is 84.1 cm³/mol.